The minimum Gasteiger partial charge on any atom is -0.504 e. The van der Waals surface area contributed by atoms with Crippen molar-refractivity contribution in [3.05, 3.63) is 58.7 Å². The molecule has 4 heteroatoms. The van der Waals surface area contributed by atoms with Crippen LogP contribution in [0, 0.1) is 0 Å². The molecule has 2 aromatic rings. The van der Waals surface area contributed by atoms with Gasteiger partial charge in [-0.05, 0) is 83.2 Å². The summed E-state index contributed by atoms with van der Waals surface area (Å²) in [6, 6.07) is 11.7. The molecule has 4 nitrogen and oxygen atoms in total. The highest BCUT2D eigenvalue weighted by molar-refractivity contribution is 5.96. The van der Waals surface area contributed by atoms with Crippen molar-refractivity contribution >= 4 is 5.78 Å². The molecule has 0 atom stereocenters. The van der Waals surface area contributed by atoms with E-state index in [9.17, 15) is 9.90 Å². The zero-order chi connectivity index (χ0) is 21.4. The van der Waals surface area contributed by atoms with Gasteiger partial charge in [-0.15, -0.1) is 0 Å². The number of hydrogen-bond acceptors (Lipinski definition) is 4. The van der Waals surface area contributed by atoms with E-state index in [0.29, 0.717) is 5.75 Å². The fourth-order valence-corrected chi connectivity index (χ4v) is 3.91. The number of nitrogens with zero attached hydrogens (tertiary/aromatic N) is 1. The Balaban J connectivity index is 1.70. The molecule has 0 fully saturated rings. The van der Waals surface area contributed by atoms with E-state index in [1.54, 1.807) is 13.0 Å². The lowest BCUT2D eigenvalue weighted by atomic mass is 9.93. The predicted octanol–water partition coefficient (Wildman–Crippen LogP) is 5.50. The van der Waals surface area contributed by atoms with Gasteiger partial charge < -0.3 is 9.84 Å². The quantitative estimate of drug-likeness (QED) is 0.656. The topological polar surface area (TPSA) is 49.8 Å². The van der Waals surface area contributed by atoms with Gasteiger partial charge in [0.15, 0.2) is 17.3 Å². The van der Waals surface area contributed by atoms with Crippen molar-refractivity contribution in [1.82, 2.24) is 4.90 Å². The summed E-state index contributed by atoms with van der Waals surface area (Å²) in [5.41, 5.74) is 4.07. The second-order valence-corrected chi connectivity index (χ2v) is 9.68. The van der Waals surface area contributed by atoms with Crippen molar-refractivity contribution in [1.29, 1.82) is 0 Å². The van der Waals surface area contributed by atoms with Crippen molar-refractivity contribution < 1.29 is 14.6 Å². The van der Waals surface area contributed by atoms with E-state index in [2.05, 4.69) is 24.8 Å². The van der Waals surface area contributed by atoms with Crippen LogP contribution in [-0.4, -0.2) is 26.9 Å². The Hall–Kier alpha value is -2.33. The van der Waals surface area contributed by atoms with Gasteiger partial charge in [0.1, 0.15) is 5.60 Å². The fourth-order valence-electron chi connectivity index (χ4n) is 3.91. The van der Waals surface area contributed by atoms with Gasteiger partial charge in [-0.2, -0.15) is 0 Å². The van der Waals surface area contributed by atoms with Crippen LogP contribution in [0.5, 0.6) is 11.5 Å². The predicted molar refractivity (Wildman–Crippen MR) is 117 cm³/mol. The van der Waals surface area contributed by atoms with Gasteiger partial charge >= 0.3 is 0 Å². The first-order valence-electron chi connectivity index (χ1n) is 10.3. The second-order valence-electron chi connectivity index (χ2n) is 9.68. The van der Waals surface area contributed by atoms with Gasteiger partial charge in [0, 0.05) is 24.2 Å². The molecule has 0 amide bonds. The zero-order valence-corrected chi connectivity index (χ0v) is 18.5. The lowest BCUT2D eigenvalue weighted by molar-refractivity contribution is 0.100. The third-order valence-electron chi connectivity index (χ3n) is 5.68. The number of ketones is 1. The highest BCUT2D eigenvalue weighted by atomic mass is 16.5. The van der Waals surface area contributed by atoms with E-state index >= 15 is 0 Å². The van der Waals surface area contributed by atoms with Crippen molar-refractivity contribution in [3.8, 4) is 11.5 Å². The maximum absolute atomic E-state index is 12.0. The van der Waals surface area contributed by atoms with Gasteiger partial charge in [-0.25, -0.2) is 0 Å². The number of Topliss-reactive ketones (excluding diaryl/α,β-unsaturated/α-hetero) is 1. The SMILES string of the molecule is CC(=O)c1cccc2c1CN(C(C)(C)CCc1ccc(O)c(OC(C)(C)C)c1)C2. The fraction of sp³-hybridized carbons (Fsp3) is 0.480. The molecule has 1 aliphatic rings. The molecule has 0 aromatic heterocycles. The number of ether oxygens (including phenoxy) is 1. The lowest BCUT2D eigenvalue weighted by Crippen LogP contribution is -2.40. The van der Waals surface area contributed by atoms with Crippen molar-refractivity contribution in [3.63, 3.8) is 0 Å². The molecule has 0 saturated heterocycles. The molecule has 1 aliphatic heterocycles. The highest BCUT2D eigenvalue weighted by Crippen LogP contribution is 2.35. The molecule has 0 spiro atoms. The summed E-state index contributed by atoms with van der Waals surface area (Å²) < 4.78 is 5.89. The Morgan fingerprint density at radius 1 is 1.10 bits per heavy atom. The Kier molecular flexibility index (Phi) is 5.77. The maximum Gasteiger partial charge on any atom is 0.161 e. The molecule has 1 N–H and O–H groups in total. The summed E-state index contributed by atoms with van der Waals surface area (Å²) in [5.74, 6) is 0.846. The summed E-state index contributed by atoms with van der Waals surface area (Å²) >= 11 is 0. The third kappa shape index (κ3) is 4.99. The van der Waals surface area contributed by atoms with Gasteiger partial charge in [0.25, 0.3) is 0 Å². The molecule has 0 aliphatic carbocycles. The molecule has 1 heterocycles. The van der Waals surface area contributed by atoms with Gasteiger partial charge in [0.2, 0.25) is 0 Å². The van der Waals surface area contributed by atoms with Gasteiger partial charge in [-0.3, -0.25) is 9.69 Å². The van der Waals surface area contributed by atoms with Crippen LogP contribution < -0.4 is 4.74 Å². The number of benzene rings is 2. The van der Waals surface area contributed by atoms with Gasteiger partial charge in [-0.1, -0.05) is 24.3 Å². The first-order chi connectivity index (χ1) is 13.5. The number of phenolic OH excluding ortho intramolecular Hbond substituents is 1. The standard InChI is InChI=1S/C25H33NO3/c1-17(27)20-9-7-8-19-15-26(16-21(19)20)25(5,6)13-12-18-10-11-22(28)23(14-18)29-24(2,3)4/h7-11,14,28H,12-13,15-16H2,1-6H3. The summed E-state index contributed by atoms with van der Waals surface area (Å²) in [7, 11) is 0. The summed E-state index contributed by atoms with van der Waals surface area (Å²) in [6.07, 6.45) is 1.86. The molecule has 0 saturated carbocycles. The molecular weight excluding hydrogens is 362 g/mol. The van der Waals surface area contributed by atoms with Crippen LogP contribution in [0.15, 0.2) is 36.4 Å². The van der Waals surface area contributed by atoms with E-state index in [-0.39, 0.29) is 22.7 Å². The van der Waals surface area contributed by atoms with E-state index in [0.717, 1.165) is 37.1 Å². The summed E-state index contributed by atoms with van der Waals surface area (Å²) in [6.45, 7) is 13.8. The first-order valence-corrected chi connectivity index (χ1v) is 10.3. The average molecular weight is 396 g/mol. The number of rotatable bonds is 6. The Morgan fingerprint density at radius 3 is 2.48 bits per heavy atom. The molecule has 0 unspecified atom stereocenters. The molecule has 0 bridgehead atoms. The average Bonchev–Trinajstić information content (AvgIpc) is 3.06. The summed E-state index contributed by atoms with van der Waals surface area (Å²) in [4.78, 5) is 14.4. The minimum atomic E-state index is -0.356. The second kappa shape index (κ2) is 7.83. The first kappa shape index (κ1) is 21.4. The number of aryl methyl sites for hydroxylation is 1. The molecule has 2 aromatic carbocycles. The molecule has 29 heavy (non-hydrogen) atoms. The number of hydrogen-bond donors (Lipinski definition) is 1. The van der Waals surface area contributed by atoms with Crippen LogP contribution in [-0.2, 0) is 19.5 Å². The van der Waals surface area contributed by atoms with Crippen LogP contribution in [0.1, 0.15) is 75.0 Å². The minimum absolute atomic E-state index is 0.0178. The number of aromatic hydroxyl groups is 1. The van der Waals surface area contributed by atoms with Crippen LogP contribution in [0.4, 0.5) is 0 Å². The molecule has 3 rings (SSSR count). The third-order valence-corrected chi connectivity index (χ3v) is 5.68. The van der Waals surface area contributed by atoms with Crippen molar-refractivity contribution in [2.75, 3.05) is 0 Å². The smallest absolute Gasteiger partial charge is 0.161 e. The highest BCUT2D eigenvalue weighted by Gasteiger charge is 2.33. The maximum atomic E-state index is 12.0. The van der Waals surface area contributed by atoms with Crippen LogP contribution in [0.25, 0.3) is 0 Å². The monoisotopic (exact) mass is 395 g/mol. The molecular formula is C25H33NO3. The normalized spacial score (nSPS) is 14.7. The number of fused-ring (bicyclic) bond motifs is 1. The van der Waals surface area contributed by atoms with Crippen LogP contribution in [0.3, 0.4) is 0 Å². The van der Waals surface area contributed by atoms with E-state index in [4.69, 9.17) is 4.74 Å². The molecule has 0 radical (unpaired) electrons. The number of phenols is 1. The molecule has 156 valence electrons. The zero-order valence-electron chi connectivity index (χ0n) is 18.5. The Morgan fingerprint density at radius 2 is 1.83 bits per heavy atom. The number of carbonyl (C=O) groups excluding carboxylic acids is 1. The lowest BCUT2D eigenvalue weighted by Gasteiger charge is -2.35. The van der Waals surface area contributed by atoms with E-state index < -0.39 is 0 Å². The Labute approximate surface area is 174 Å². The Bertz CT molecular complexity index is 909. The van der Waals surface area contributed by atoms with E-state index in [1.165, 1.54) is 11.1 Å². The van der Waals surface area contributed by atoms with E-state index in [1.807, 2.05) is 45.0 Å². The van der Waals surface area contributed by atoms with Crippen LogP contribution in [0.2, 0.25) is 0 Å². The summed E-state index contributed by atoms with van der Waals surface area (Å²) in [5, 5.41) is 10.1. The largest absolute Gasteiger partial charge is 0.504 e. The number of carbonyl (C=O) groups is 1. The van der Waals surface area contributed by atoms with Crippen LogP contribution >= 0.6 is 0 Å². The van der Waals surface area contributed by atoms with Crippen molar-refractivity contribution in [2.24, 2.45) is 0 Å². The van der Waals surface area contributed by atoms with Gasteiger partial charge in [0.05, 0.1) is 0 Å². The van der Waals surface area contributed by atoms with Crippen molar-refractivity contribution in [2.45, 2.75) is 78.6 Å².